The molecule has 6 heteroatoms. The predicted molar refractivity (Wildman–Crippen MR) is 129 cm³/mol. The molecule has 1 amide bonds. The van der Waals surface area contributed by atoms with E-state index in [0.29, 0.717) is 18.6 Å². The maximum atomic E-state index is 12.7. The molecule has 0 saturated carbocycles. The lowest BCUT2D eigenvalue weighted by molar-refractivity contribution is 0.102. The Kier molecular flexibility index (Phi) is 7.04. The molecule has 4 aromatic rings. The second-order valence-corrected chi connectivity index (χ2v) is 8.52. The summed E-state index contributed by atoms with van der Waals surface area (Å²) >= 11 is 1.64. The Hall–Kier alpha value is -3.35. The molecule has 1 N–H and O–H groups in total. The number of pyridine rings is 1. The van der Waals surface area contributed by atoms with E-state index < -0.39 is 0 Å². The van der Waals surface area contributed by atoms with Gasteiger partial charge in [0.15, 0.2) is 0 Å². The molecule has 0 atom stereocenters. The quantitative estimate of drug-likeness (QED) is 0.388. The van der Waals surface area contributed by atoms with Crippen molar-refractivity contribution in [3.63, 3.8) is 0 Å². The number of nitrogens with zero attached hydrogens (tertiary/aromatic N) is 2. The Labute approximate surface area is 192 Å². The third-order valence-corrected chi connectivity index (χ3v) is 6.12. The zero-order valence-electron chi connectivity index (χ0n) is 18.2. The van der Waals surface area contributed by atoms with Crippen LogP contribution in [-0.4, -0.2) is 29.6 Å². The van der Waals surface area contributed by atoms with Gasteiger partial charge >= 0.3 is 0 Å². The number of benzene rings is 2. The lowest BCUT2D eigenvalue weighted by Crippen LogP contribution is -2.12. The molecule has 0 aliphatic heterocycles. The van der Waals surface area contributed by atoms with Crippen LogP contribution in [0.4, 0.5) is 5.69 Å². The Morgan fingerprint density at radius 1 is 1.12 bits per heavy atom. The average molecular weight is 444 g/mol. The number of methoxy groups -OCH3 is 1. The summed E-state index contributed by atoms with van der Waals surface area (Å²) in [5.74, 6) is -0.119. The highest BCUT2D eigenvalue weighted by molar-refractivity contribution is 7.10. The molecule has 0 saturated heterocycles. The van der Waals surface area contributed by atoms with Crippen LogP contribution in [0.3, 0.4) is 0 Å². The highest BCUT2D eigenvalue weighted by atomic mass is 32.1. The SMILES string of the molecule is COCCc1ccc(C(=O)Nc2ccc(C)c(Cc3nc(-c4cccnc4)cs3)c2)cc1. The third-order valence-electron chi connectivity index (χ3n) is 5.27. The minimum Gasteiger partial charge on any atom is -0.384 e. The van der Waals surface area contributed by atoms with E-state index >= 15 is 0 Å². The Morgan fingerprint density at radius 3 is 2.72 bits per heavy atom. The number of rotatable bonds is 8. The van der Waals surface area contributed by atoms with Gasteiger partial charge in [0.2, 0.25) is 0 Å². The molecule has 5 nitrogen and oxygen atoms in total. The van der Waals surface area contributed by atoms with Gasteiger partial charge in [-0.15, -0.1) is 11.3 Å². The molecule has 0 aliphatic rings. The van der Waals surface area contributed by atoms with Crippen LogP contribution >= 0.6 is 11.3 Å². The van der Waals surface area contributed by atoms with E-state index in [1.54, 1.807) is 24.6 Å². The van der Waals surface area contributed by atoms with E-state index in [2.05, 4.69) is 22.6 Å². The minimum atomic E-state index is -0.119. The van der Waals surface area contributed by atoms with Gasteiger partial charge in [0.1, 0.15) is 0 Å². The zero-order chi connectivity index (χ0) is 22.3. The van der Waals surface area contributed by atoms with Gasteiger partial charge < -0.3 is 10.1 Å². The fourth-order valence-corrected chi connectivity index (χ4v) is 4.21. The van der Waals surface area contributed by atoms with Crippen molar-refractivity contribution in [2.24, 2.45) is 0 Å². The number of carbonyl (C=O) groups is 1. The van der Waals surface area contributed by atoms with Gasteiger partial charge in [0.25, 0.3) is 5.91 Å². The highest BCUT2D eigenvalue weighted by Crippen LogP contribution is 2.25. The first-order valence-corrected chi connectivity index (χ1v) is 11.3. The first kappa shape index (κ1) is 21.9. The van der Waals surface area contributed by atoms with Crippen LogP contribution in [0, 0.1) is 6.92 Å². The zero-order valence-corrected chi connectivity index (χ0v) is 19.0. The lowest BCUT2D eigenvalue weighted by Gasteiger charge is -2.10. The molecule has 4 rings (SSSR count). The van der Waals surface area contributed by atoms with Crippen molar-refractivity contribution in [2.75, 3.05) is 19.0 Å². The predicted octanol–water partition coefficient (Wildman–Crippen LogP) is 5.55. The van der Waals surface area contributed by atoms with Crippen molar-refractivity contribution < 1.29 is 9.53 Å². The number of anilines is 1. The minimum absolute atomic E-state index is 0.119. The number of hydrogen-bond donors (Lipinski definition) is 1. The molecule has 2 aromatic heterocycles. The van der Waals surface area contributed by atoms with E-state index in [1.807, 2.05) is 60.8 Å². The van der Waals surface area contributed by atoms with Gasteiger partial charge in [0, 0.05) is 48.1 Å². The monoisotopic (exact) mass is 443 g/mol. The first-order valence-electron chi connectivity index (χ1n) is 10.5. The van der Waals surface area contributed by atoms with Crippen molar-refractivity contribution in [1.29, 1.82) is 0 Å². The van der Waals surface area contributed by atoms with Crippen LogP contribution in [0.15, 0.2) is 72.4 Å². The van der Waals surface area contributed by atoms with Crippen LogP contribution < -0.4 is 5.32 Å². The summed E-state index contributed by atoms with van der Waals surface area (Å²) in [6, 6.07) is 17.6. The summed E-state index contributed by atoms with van der Waals surface area (Å²) in [7, 11) is 1.69. The van der Waals surface area contributed by atoms with Crippen molar-refractivity contribution in [3.05, 3.63) is 99.6 Å². The van der Waals surface area contributed by atoms with Gasteiger partial charge in [-0.1, -0.05) is 18.2 Å². The Bertz CT molecular complexity index is 1190. The van der Waals surface area contributed by atoms with Crippen molar-refractivity contribution in [1.82, 2.24) is 9.97 Å². The standard InChI is InChI=1S/C26H25N3O2S/c1-18-5-10-23(28-26(30)20-8-6-19(7-9-20)11-13-31-2)14-22(18)15-25-29-24(17-32-25)21-4-3-12-27-16-21/h3-10,12,14,16-17H,11,13,15H2,1-2H3,(H,28,30). The number of carbonyl (C=O) groups excluding carboxylic acids is 1. The van der Waals surface area contributed by atoms with Gasteiger partial charge in [0.05, 0.1) is 17.3 Å². The molecular weight excluding hydrogens is 418 g/mol. The molecule has 0 aliphatic carbocycles. The number of aryl methyl sites for hydroxylation is 1. The highest BCUT2D eigenvalue weighted by Gasteiger charge is 2.10. The number of amides is 1. The maximum absolute atomic E-state index is 12.7. The Balaban J connectivity index is 1.45. The first-order chi connectivity index (χ1) is 15.6. The summed E-state index contributed by atoms with van der Waals surface area (Å²) in [5, 5.41) is 6.11. The van der Waals surface area contributed by atoms with E-state index in [-0.39, 0.29) is 5.91 Å². The van der Waals surface area contributed by atoms with Crippen LogP contribution in [-0.2, 0) is 17.6 Å². The molecule has 0 fully saturated rings. The number of thiazole rings is 1. The molecule has 0 unspecified atom stereocenters. The molecule has 2 aromatic carbocycles. The molecule has 0 bridgehead atoms. The summed E-state index contributed by atoms with van der Waals surface area (Å²) in [5.41, 5.74) is 6.83. The maximum Gasteiger partial charge on any atom is 0.255 e. The van der Waals surface area contributed by atoms with Crippen molar-refractivity contribution in [2.45, 2.75) is 19.8 Å². The van der Waals surface area contributed by atoms with Gasteiger partial charge in [-0.25, -0.2) is 4.98 Å². The molecule has 0 spiro atoms. The van der Waals surface area contributed by atoms with Crippen LogP contribution in [0.25, 0.3) is 11.3 Å². The lowest BCUT2D eigenvalue weighted by atomic mass is 10.0. The number of hydrogen-bond acceptors (Lipinski definition) is 5. The van der Waals surface area contributed by atoms with Gasteiger partial charge in [-0.3, -0.25) is 9.78 Å². The largest absolute Gasteiger partial charge is 0.384 e. The summed E-state index contributed by atoms with van der Waals surface area (Å²) in [6.07, 6.45) is 5.13. The van der Waals surface area contributed by atoms with E-state index in [4.69, 9.17) is 9.72 Å². The second kappa shape index (κ2) is 10.3. The second-order valence-electron chi connectivity index (χ2n) is 7.58. The molecule has 0 radical (unpaired) electrons. The van der Waals surface area contributed by atoms with Crippen LogP contribution in [0.5, 0.6) is 0 Å². The molecule has 32 heavy (non-hydrogen) atoms. The van der Waals surface area contributed by atoms with E-state index in [0.717, 1.165) is 39.5 Å². The smallest absolute Gasteiger partial charge is 0.255 e. The molecule has 2 heterocycles. The number of ether oxygens (including phenoxy) is 1. The summed E-state index contributed by atoms with van der Waals surface area (Å²) in [6.45, 7) is 2.75. The molecular formula is C26H25N3O2S. The summed E-state index contributed by atoms with van der Waals surface area (Å²) < 4.78 is 5.10. The van der Waals surface area contributed by atoms with Crippen LogP contribution in [0.1, 0.15) is 32.1 Å². The fourth-order valence-electron chi connectivity index (χ4n) is 3.39. The van der Waals surface area contributed by atoms with Crippen molar-refractivity contribution >= 4 is 22.9 Å². The Morgan fingerprint density at radius 2 is 1.97 bits per heavy atom. The van der Waals surface area contributed by atoms with Gasteiger partial charge in [-0.05, 0) is 66.4 Å². The average Bonchev–Trinajstić information content (AvgIpc) is 3.29. The normalized spacial score (nSPS) is 10.8. The topological polar surface area (TPSA) is 64.1 Å². The molecule has 162 valence electrons. The van der Waals surface area contributed by atoms with E-state index in [9.17, 15) is 4.79 Å². The number of nitrogens with one attached hydrogen (secondary N) is 1. The van der Waals surface area contributed by atoms with E-state index in [1.165, 1.54) is 5.56 Å². The van der Waals surface area contributed by atoms with Crippen LogP contribution in [0.2, 0.25) is 0 Å². The summed E-state index contributed by atoms with van der Waals surface area (Å²) in [4.78, 5) is 21.6. The van der Waals surface area contributed by atoms with Gasteiger partial charge in [-0.2, -0.15) is 0 Å². The van der Waals surface area contributed by atoms with Crippen molar-refractivity contribution in [3.8, 4) is 11.3 Å². The number of aromatic nitrogens is 2. The fraction of sp³-hybridized carbons (Fsp3) is 0.192. The third kappa shape index (κ3) is 5.46.